The van der Waals surface area contributed by atoms with Crippen molar-refractivity contribution in [3.63, 3.8) is 0 Å². The highest BCUT2D eigenvalue weighted by atomic mass is 35.5. The van der Waals surface area contributed by atoms with Crippen LogP contribution in [0.3, 0.4) is 0 Å². The molecule has 0 fully saturated rings. The first-order chi connectivity index (χ1) is 61.3. The molecule has 0 saturated heterocycles. The Kier molecular flexibility index (Phi) is 36.2. The van der Waals surface area contributed by atoms with Crippen molar-refractivity contribution in [1.29, 1.82) is 0 Å². The summed E-state index contributed by atoms with van der Waals surface area (Å²) in [7, 11) is -11.9. The van der Waals surface area contributed by atoms with E-state index in [0.29, 0.717) is 67.3 Å². The highest BCUT2D eigenvalue weighted by molar-refractivity contribution is 7.90. The smallest absolute Gasteiger partial charge is 0.339 e. The maximum absolute atomic E-state index is 14.7. The van der Waals surface area contributed by atoms with Gasteiger partial charge in [0.1, 0.15) is 50.5 Å². The molecule has 24 nitrogen and oxygen atoms in total. The molecule has 0 spiro atoms. The quantitative estimate of drug-likeness (QED) is 0.0287. The van der Waals surface area contributed by atoms with E-state index < -0.39 is 99.8 Å². The lowest BCUT2D eigenvalue weighted by Gasteiger charge is -2.31. The van der Waals surface area contributed by atoms with E-state index in [-0.39, 0.29) is 97.2 Å². The Balaban J connectivity index is 0.000000194. The van der Waals surface area contributed by atoms with Gasteiger partial charge in [0.25, 0.3) is 0 Å². The zero-order valence-corrected chi connectivity index (χ0v) is 77.3. The van der Waals surface area contributed by atoms with Crippen molar-refractivity contribution in [1.82, 2.24) is 22.2 Å². The predicted molar refractivity (Wildman–Crippen MR) is 490 cm³/mol. The maximum atomic E-state index is 14.7. The summed E-state index contributed by atoms with van der Waals surface area (Å²) in [5, 5.41) is 39.5. The number of carboxylic acid groups (broad SMARTS) is 4. The van der Waals surface area contributed by atoms with Gasteiger partial charge in [-0.2, -0.15) is 17.2 Å². The number of methoxy groups -OCH3 is 3. The molecule has 678 valence electrons. The second-order valence-corrected chi connectivity index (χ2v) is 38.3. The molecule has 0 radical (unpaired) electrons. The standard InChI is InChI=1S/C24H22ClF2NO5S.C24H24ClNO5S.C24H26N2O5S.C23H21Cl2NO4S/c1-3-22(19-13-17(26)7-10-21(19)27)28(34(31,32)18-8-5-16(25)6-9-18)14-15-4-11-23(33-2)20(12-15)24(29)30;1-3-22(18-7-5-4-6-8-18)26(32(29,30)20-12-10-19(25)11-13-20)16-17-9-14-23(31-2)21(15-17)24(27)28;1-4-22(19-8-6-5-7-9-19)26(32(29,30)20-12-10-17(2)25-15-20)16-18-11-13-23(31-3)21(14-18)24(27)28;1-2-22(17-7-9-19(24)10-8-17)26(15-16-3-5-18(6-4-16)23(27)28)31(29,30)21-13-11-20(25)12-14-21/h4-13,22H,3,14H2,1-2H3,(H,29,30);4-15,22H,3,16H2,1-2H3,(H,27,28);5-15,22H,4,16H2,1-3H3,(H,27,28);3-14,22H,2,15H2,1H3,(H,27,28). The van der Waals surface area contributed by atoms with E-state index in [4.69, 9.17) is 65.7 Å². The van der Waals surface area contributed by atoms with E-state index in [9.17, 15) is 76.9 Å². The zero-order chi connectivity index (χ0) is 94.2. The molecular weight excluding hydrogens is 1820 g/mol. The molecule has 0 aliphatic heterocycles. The Bertz CT molecular complexity index is 6160. The van der Waals surface area contributed by atoms with Crippen LogP contribution < -0.4 is 14.2 Å². The largest absolute Gasteiger partial charge is 0.496 e. The van der Waals surface area contributed by atoms with Crippen LogP contribution in [0.2, 0.25) is 20.1 Å². The van der Waals surface area contributed by atoms with E-state index >= 15 is 0 Å². The van der Waals surface area contributed by atoms with Gasteiger partial charge in [-0.05, 0) is 235 Å². The summed E-state index contributed by atoms with van der Waals surface area (Å²) in [5.74, 6) is -5.52. The summed E-state index contributed by atoms with van der Waals surface area (Å²) in [6, 6.07) is 66.7. The summed E-state index contributed by atoms with van der Waals surface area (Å²) in [6.07, 6.45) is 3.06. The number of halogens is 6. The maximum Gasteiger partial charge on any atom is 0.339 e. The number of sulfonamides is 4. The van der Waals surface area contributed by atoms with Gasteiger partial charge in [0.15, 0.2) is 0 Å². The van der Waals surface area contributed by atoms with Gasteiger partial charge in [-0.25, -0.2) is 61.6 Å². The molecule has 0 saturated carbocycles. The molecule has 0 amide bonds. The van der Waals surface area contributed by atoms with Crippen molar-refractivity contribution in [3.05, 3.63) is 377 Å². The van der Waals surface area contributed by atoms with E-state index in [0.717, 1.165) is 39.2 Å². The summed E-state index contributed by atoms with van der Waals surface area (Å²) in [4.78, 5) is 50.5. The molecule has 1 heterocycles. The Hall–Kier alpha value is -11.5. The van der Waals surface area contributed by atoms with Crippen molar-refractivity contribution in [2.45, 2.75) is 130 Å². The summed E-state index contributed by atoms with van der Waals surface area (Å²) < 4.78 is 159. The Labute approximate surface area is 769 Å². The predicted octanol–water partition coefficient (Wildman–Crippen LogP) is 21.5. The molecule has 0 aliphatic carbocycles. The summed E-state index contributed by atoms with van der Waals surface area (Å²) in [5.41, 5.74) is 5.11. The Morgan fingerprint density at radius 2 is 0.643 bits per heavy atom. The van der Waals surface area contributed by atoms with Crippen LogP contribution in [0.25, 0.3) is 0 Å². The lowest BCUT2D eigenvalue weighted by atomic mass is 10.0. The van der Waals surface area contributed by atoms with Crippen molar-refractivity contribution in [3.8, 4) is 17.2 Å². The number of pyridine rings is 1. The van der Waals surface area contributed by atoms with Gasteiger partial charge in [0.2, 0.25) is 40.1 Å². The lowest BCUT2D eigenvalue weighted by molar-refractivity contribution is 0.0682. The minimum Gasteiger partial charge on any atom is -0.496 e. The average Bonchev–Trinajstić information content (AvgIpc) is 0.777. The van der Waals surface area contributed by atoms with Crippen LogP contribution in [0.5, 0.6) is 17.2 Å². The van der Waals surface area contributed by atoms with Crippen LogP contribution >= 0.6 is 46.4 Å². The lowest BCUT2D eigenvalue weighted by Crippen LogP contribution is -2.35. The van der Waals surface area contributed by atoms with Crippen LogP contribution in [0, 0.1) is 18.6 Å². The van der Waals surface area contributed by atoms with E-state index in [1.807, 2.05) is 93.6 Å². The number of hydrogen-bond acceptors (Lipinski definition) is 16. The fourth-order valence-corrected chi connectivity index (χ4v) is 21.3. The first-order valence-electron chi connectivity index (χ1n) is 40.0. The molecule has 1 aromatic heterocycles. The normalized spacial score (nSPS) is 12.5. The van der Waals surface area contributed by atoms with Gasteiger partial charge >= 0.3 is 23.9 Å². The molecule has 4 N–H and O–H groups in total. The number of aromatic carboxylic acids is 4. The summed E-state index contributed by atoms with van der Waals surface area (Å²) >= 11 is 23.8. The molecule has 11 aromatic carbocycles. The van der Waals surface area contributed by atoms with E-state index in [2.05, 4.69) is 4.98 Å². The topological polar surface area (TPSA) is 339 Å². The SMILES string of the molecule is CCC(c1cc(F)ccc1F)N(Cc1ccc(OC)c(C(=O)O)c1)S(=O)(=O)c1ccc(Cl)cc1.CCC(c1ccc(Cl)cc1)N(Cc1ccc(C(=O)O)cc1)S(=O)(=O)c1ccc(Cl)cc1.CCC(c1ccccc1)N(Cc1ccc(OC)c(C(=O)O)c1)S(=O)(=O)c1ccc(C)nc1.CCC(c1ccccc1)N(Cc1ccc(OC)c(C(=O)O)c1)S(=O)(=O)c1ccc(Cl)cc1. The minimum atomic E-state index is -4.25. The molecule has 0 aliphatic rings. The molecule has 34 heteroatoms. The number of aromatic nitrogens is 1. The second kappa shape index (κ2) is 46.2. The number of benzene rings is 11. The van der Waals surface area contributed by atoms with Crippen molar-refractivity contribution in [2.24, 2.45) is 0 Å². The van der Waals surface area contributed by atoms with Crippen LogP contribution in [0.4, 0.5) is 8.78 Å². The third kappa shape index (κ3) is 26.0. The van der Waals surface area contributed by atoms with Gasteiger partial charge in [0.05, 0.1) is 65.7 Å². The average molecular weight is 1920 g/mol. The van der Waals surface area contributed by atoms with Crippen LogP contribution in [0.1, 0.15) is 169 Å². The molecule has 129 heavy (non-hydrogen) atoms. The number of rotatable bonds is 35. The number of ether oxygens (including phenoxy) is 3. The Morgan fingerprint density at radius 3 is 0.946 bits per heavy atom. The van der Waals surface area contributed by atoms with Crippen LogP contribution in [-0.4, -0.2) is 122 Å². The second-order valence-electron chi connectivity index (χ2n) is 29.0. The van der Waals surface area contributed by atoms with Gasteiger partial charge < -0.3 is 34.6 Å². The first kappa shape index (κ1) is 101. The molecule has 12 aromatic rings. The number of aryl methyl sites for hydroxylation is 1. The highest BCUT2D eigenvalue weighted by Crippen LogP contribution is 2.40. The highest BCUT2D eigenvalue weighted by Gasteiger charge is 2.38. The molecule has 12 rings (SSSR count). The fraction of sp³-hybridized carbons (Fsp3) is 0.211. The fourth-order valence-electron chi connectivity index (χ4n) is 14.2. The molecule has 4 unspecified atom stereocenters. The van der Waals surface area contributed by atoms with Crippen molar-refractivity contribution >= 4 is 110 Å². The summed E-state index contributed by atoms with van der Waals surface area (Å²) in [6.45, 7) is 8.94. The molecular formula is C95H93Cl4F2N5O19S4. The van der Waals surface area contributed by atoms with Gasteiger partial charge in [-0.15, -0.1) is 0 Å². The van der Waals surface area contributed by atoms with Crippen molar-refractivity contribution < 1.29 is 96.3 Å². The van der Waals surface area contributed by atoms with E-state index in [1.54, 1.807) is 68.4 Å². The van der Waals surface area contributed by atoms with Crippen LogP contribution in [0.15, 0.2) is 293 Å². The monoisotopic (exact) mass is 1910 g/mol. The minimum absolute atomic E-state index is 0.00607. The number of hydrogen-bond donors (Lipinski definition) is 4. The third-order valence-electron chi connectivity index (χ3n) is 20.7. The van der Waals surface area contributed by atoms with Gasteiger partial charge in [0, 0.05) is 63.7 Å². The van der Waals surface area contributed by atoms with Crippen LogP contribution in [-0.2, 0) is 66.3 Å². The number of nitrogens with zero attached hydrogens (tertiary/aromatic N) is 5. The Morgan fingerprint density at radius 1 is 0.349 bits per heavy atom. The molecule has 4 atom stereocenters. The van der Waals surface area contributed by atoms with E-state index in [1.165, 1.54) is 162 Å². The first-order valence-corrected chi connectivity index (χ1v) is 47.2. The molecule has 0 bridgehead atoms. The van der Waals surface area contributed by atoms with Crippen molar-refractivity contribution in [2.75, 3.05) is 21.3 Å². The number of carbonyl (C=O) groups is 4. The number of carboxylic acids is 4. The van der Waals surface area contributed by atoms with Gasteiger partial charge in [-0.3, -0.25) is 4.98 Å². The van der Waals surface area contributed by atoms with Gasteiger partial charge in [-0.1, -0.05) is 177 Å². The third-order valence-corrected chi connectivity index (χ3v) is 29.1. The zero-order valence-electron chi connectivity index (χ0n) is 71.0.